The molecule has 0 N–H and O–H groups in total. The van der Waals surface area contributed by atoms with Crippen LogP contribution in [0.2, 0.25) is 0 Å². The van der Waals surface area contributed by atoms with E-state index >= 15 is 0 Å². The lowest BCUT2D eigenvalue weighted by Gasteiger charge is -2.28. The molecule has 0 atom stereocenters. The van der Waals surface area contributed by atoms with Gasteiger partial charge in [-0.2, -0.15) is 0 Å². The summed E-state index contributed by atoms with van der Waals surface area (Å²) >= 11 is 0. The highest BCUT2D eigenvalue weighted by Crippen LogP contribution is 2.18. The van der Waals surface area contributed by atoms with E-state index in [1.807, 2.05) is 30.3 Å². The van der Waals surface area contributed by atoms with Gasteiger partial charge < -0.3 is 4.74 Å². The normalized spacial score (nSPS) is 10.3. The van der Waals surface area contributed by atoms with Crippen LogP contribution >= 0.6 is 0 Å². The van der Waals surface area contributed by atoms with Crippen LogP contribution in [0.1, 0.15) is 15.9 Å². The van der Waals surface area contributed by atoms with Crippen molar-refractivity contribution in [2.24, 2.45) is 0 Å². The molecule has 0 aliphatic carbocycles. The van der Waals surface area contributed by atoms with Gasteiger partial charge in [0, 0.05) is 19.7 Å². The van der Waals surface area contributed by atoms with Crippen LogP contribution in [0.3, 0.4) is 0 Å². The molecule has 0 aliphatic rings. The number of amides is 1. The van der Waals surface area contributed by atoms with Crippen LogP contribution in [0.15, 0.2) is 54.6 Å². The molecule has 114 valence electrons. The molecule has 1 amide bonds. The van der Waals surface area contributed by atoms with E-state index in [0.717, 1.165) is 11.8 Å². The number of carbonyl (C=O) groups excluding carboxylic acids is 2. The summed E-state index contributed by atoms with van der Waals surface area (Å²) in [5.41, 5.74) is 1.99. The first-order valence-corrected chi connectivity index (χ1v) is 6.85. The van der Waals surface area contributed by atoms with Crippen LogP contribution in [0, 0.1) is 0 Å². The van der Waals surface area contributed by atoms with Gasteiger partial charge in [-0.05, 0) is 17.7 Å². The minimum Gasteiger partial charge on any atom is -0.443 e. The molecule has 0 spiro atoms. The predicted molar refractivity (Wildman–Crippen MR) is 84.6 cm³/mol. The van der Waals surface area contributed by atoms with Gasteiger partial charge in [0.15, 0.2) is 0 Å². The van der Waals surface area contributed by atoms with Crippen molar-refractivity contribution in [3.63, 3.8) is 0 Å². The fraction of sp³-hybridized carbons (Fsp3) is 0.176. The van der Waals surface area contributed by atoms with Gasteiger partial charge in [0.1, 0.15) is 12.9 Å². The van der Waals surface area contributed by atoms with E-state index < -0.39 is 6.09 Å². The summed E-state index contributed by atoms with van der Waals surface area (Å²) in [5.74, 6) is 0. The molecule has 2 aromatic carbocycles. The van der Waals surface area contributed by atoms with Crippen molar-refractivity contribution in [2.45, 2.75) is 6.61 Å². The van der Waals surface area contributed by atoms with Crippen molar-refractivity contribution < 1.29 is 14.3 Å². The van der Waals surface area contributed by atoms with Crippen LogP contribution in [-0.4, -0.2) is 31.5 Å². The molecular weight excluding hydrogens is 280 g/mol. The largest absolute Gasteiger partial charge is 0.443 e. The third-order valence-electron chi connectivity index (χ3n) is 3.03. The summed E-state index contributed by atoms with van der Waals surface area (Å²) in [5, 5.41) is 2.98. The highest BCUT2D eigenvalue weighted by atomic mass is 16.6. The van der Waals surface area contributed by atoms with Gasteiger partial charge in [0.2, 0.25) is 0 Å². The number of hydrogen-bond acceptors (Lipinski definition) is 4. The number of hydrazine groups is 1. The minimum atomic E-state index is -0.503. The second-order valence-corrected chi connectivity index (χ2v) is 4.91. The number of hydrogen-bond donors (Lipinski definition) is 0. The zero-order valence-electron chi connectivity index (χ0n) is 12.6. The van der Waals surface area contributed by atoms with E-state index in [9.17, 15) is 9.59 Å². The van der Waals surface area contributed by atoms with Crippen molar-refractivity contribution in [3.8, 4) is 0 Å². The van der Waals surface area contributed by atoms with Gasteiger partial charge >= 0.3 is 6.09 Å². The van der Waals surface area contributed by atoms with Crippen molar-refractivity contribution in [2.75, 3.05) is 19.1 Å². The molecule has 0 saturated carbocycles. The Balaban J connectivity index is 2.13. The number of ether oxygens (including phenoxy) is 1. The Morgan fingerprint density at radius 2 is 1.82 bits per heavy atom. The van der Waals surface area contributed by atoms with E-state index in [1.54, 1.807) is 43.4 Å². The zero-order chi connectivity index (χ0) is 15.9. The molecule has 0 heterocycles. The molecule has 2 aromatic rings. The Morgan fingerprint density at radius 1 is 1.09 bits per heavy atom. The Morgan fingerprint density at radius 3 is 2.45 bits per heavy atom. The monoisotopic (exact) mass is 298 g/mol. The van der Waals surface area contributed by atoms with Crippen LogP contribution < -0.4 is 5.01 Å². The van der Waals surface area contributed by atoms with Crippen LogP contribution in [0.4, 0.5) is 10.5 Å². The second kappa shape index (κ2) is 7.38. The predicted octanol–water partition coefficient (Wildman–Crippen LogP) is 3.12. The molecule has 0 unspecified atom stereocenters. The molecule has 0 bridgehead atoms. The fourth-order valence-corrected chi connectivity index (χ4v) is 2.01. The van der Waals surface area contributed by atoms with Gasteiger partial charge in [-0.3, -0.25) is 4.79 Å². The maximum absolute atomic E-state index is 12.3. The first-order chi connectivity index (χ1) is 10.6. The summed E-state index contributed by atoms with van der Waals surface area (Å²) in [6, 6.07) is 16.2. The summed E-state index contributed by atoms with van der Waals surface area (Å²) in [6.45, 7) is 0.192. The van der Waals surface area contributed by atoms with Gasteiger partial charge in [-0.25, -0.2) is 14.8 Å². The first-order valence-electron chi connectivity index (χ1n) is 6.85. The Labute approximate surface area is 129 Å². The number of rotatable bonds is 5. The van der Waals surface area contributed by atoms with Gasteiger partial charge in [-0.1, -0.05) is 42.5 Å². The standard InChI is InChI=1S/C17H18N2O3/c1-18(2)19(16-10-6-9-15(11-16)12-20)17(21)22-13-14-7-4-3-5-8-14/h3-12H,13H2,1-2H3. The molecule has 2 rings (SSSR count). The third kappa shape index (κ3) is 3.93. The first kappa shape index (κ1) is 15.7. The molecule has 5 heteroatoms. The molecule has 0 saturated heterocycles. The summed E-state index contributed by atoms with van der Waals surface area (Å²) in [4.78, 5) is 23.2. The van der Waals surface area contributed by atoms with E-state index in [4.69, 9.17) is 4.74 Å². The Bertz CT molecular complexity index is 641. The van der Waals surface area contributed by atoms with E-state index in [1.165, 1.54) is 5.01 Å². The van der Waals surface area contributed by atoms with Crippen LogP contribution in [0.5, 0.6) is 0 Å². The smallest absolute Gasteiger partial charge is 0.429 e. The maximum atomic E-state index is 12.3. The molecule has 0 fully saturated rings. The second-order valence-electron chi connectivity index (χ2n) is 4.91. The lowest BCUT2D eigenvalue weighted by Crippen LogP contribution is -2.42. The summed E-state index contributed by atoms with van der Waals surface area (Å²) < 4.78 is 5.34. The number of anilines is 1. The molecule has 0 aliphatic heterocycles. The fourth-order valence-electron chi connectivity index (χ4n) is 2.01. The molecule has 22 heavy (non-hydrogen) atoms. The highest BCUT2D eigenvalue weighted by molar-refractivity contribution is 5.88. The number of carbonyl (C=O) groups is 2. The van der Waals surface area contributed by atoms with Crippen molar-refractivity contribution in [3.05, 3.63) is 65.7 Å². The average Bonchev–Trinajstić information content (AvgIpc) is 2.54. The highest BCUT2D eigenvalue weighted by Gasteiger charge is 2.20. The topological polar surface area (TPSA) is 49.9 Å². The molecule has 0 aromatic heterocycles. The number of benzene rings is 2. The van der Waals surface area contributed by atoms with E-state index in [0.29, 0.717) is 11.3 Å². The molecular formula is C17H18N2O3. The number of nitrogens with zero attached hydrogens (tertiary/aromatic N) is 2. The zero-order valence-corrected chi connectivity index (χ0v) is 12.6. The summed E-state index contributed by atoms with van der Waals surface area (Å²) in [7, 11) is 3.47. The molecule has 0 radical (unpaired) electrons. The van der Waals surface area contributed by atoms with Crippen molar-refractivity contribution in [1.29, 1.82) is 0 Å². The summed E-state index contributed by atoms with van der Waals surface area (Å²) in [6.07, 6.45) is 0.240. The number of aldehydes is 1. The quantitative estimate of drug-likeness (QED) is 0.628. The Kier molecular flexibility index (Phi) is 5.27. The van der Waals surface area contributed by atoms with Crippen LogP contribution in [-0.2, 0) is 11.3 Å². The maximum Gasteiger partial charge on any atom is 0.429 e. The lowest BCUT2D eigenvalue weighted by atomic mass is 10.2. The van der Waals surface area contributed by atoms with Gasteiger partial charge in [0.25, 0.3) is 0 Å². The molecule has 5 nitrogen and oxygen atoms in total. The third-order valence-corrected chi connectivity index (χ3v) is 3.03. The SMILES string of the molecule is CN(C)N(C(=O)OCc1ccccc1)c1cccc(C=O)c1. The van der Waals surface area contributed by atoms with Gasteiger partial charge in [-0.15, -0.1) is 0 Å². The Hall–Kier alpha value is -2.66. The van der Waals surface area contributed by atoms with E-state index in [-0.39, 0.29) is 6.61 Å². The lowest BCUT2D eigenvalue weighted by molar-refractivity contribution is 0.112. The van der Waals surface area contributed by atoms with Crippen molar-refractivity contribution >= 4 is 18.1 Å². The minimum absolute atomic E-state index is 0.192. The van der Waals surface area contributed by atoms with Crippen molar-refractivity contribution in [1.82, 2.24) is 5.01 Å². The van der Waals surface area contributed by atoms with Gasteiger partial charge in [0.05, 0.1) is 5.69 Å². The van der Waals surface area contributed by atoms with Crippen LogP contribution in [0.25, 0.3) is 0 Å². The average molecular weight is 298 g/mol. The van der Waals surface area contributed by atoms with E-state index in [2.05, 4.69) is 0 Å².